The molecule has 0 fully saturated rings. The second kappa shape index (κ2) is 6.58. The number of hydrogen-bond donors (Lipinski definition) is 4. The second-order valence-electron chi connectivity index (χ2n) is 4.49. The molecule has 2 aromatic rings. The molecule has 0 aliphatic carbocycles. The van der Waals surface area contributed by atoms with E-state index in [2.05, 4.69) is 15.5 Å². The monoisotopic (exact) mass is 279 g/mol. The number of benzene rings is 1. The molecule has 0 unspecified atom stereocenters. The highest BCUT2D eigenvalue weighted by atomic mass is 16.5. The van der Waals surface area contributed by atoms with Crippen molar-refractivity contribution in [1.82, 2.24) is 15.5 Å². The van der Waals surface area contributed by atoms with E-state index in [0.717, 1.165) is 5.56 Å². The lowest BCUT2D eigenvalue weighted by atomic mass is 10.0. The van der Waals surface area contributed by atoms with E-state index >= 15 is 0 Å². The van der Waals surface area contributed by atoms with Gasteiger partial charge in [0.25, 0.3) is 0 Å². The van der Waals surface area contributed by atoms with Gasteiger partial charge in [0.05, 0.1) is 31.9 Å². The van der Waals surface area contributed by atoms with Crippen molar-refractivity contribution in [2.45, 2.75) is 12.1 Å². The number of hydrogen-bond acceptors (Lipinski definition) is 7. The molecular formula is C13H17N3O4. The van der Waals surface area contributed by atoms with Crippen molar-refractivity contribution in [3.63, 3.8) is 0 Å². The van der Waals surface area contributed by atoms with Crippen molar-refractivity contribution in [2.24, 2.45) is 0 Å². The highest BCUT2D eigenvalue weighted by molar-refractivity contribution is 5.53. The Balaban J connectivity index is 2.03. The first-order valence-corrected chi connectivity index (χ1v) is 6.18. The van der Waals surface area contributed by atoms with Gasteiger partial charge in [-0.1, -0.05) is 35.5 Å². The fourth-order valence-electron chi connectivity index (χ4n) is 1.61. The Bertz CT molecular complexity index is 517. The van der Waals surface area contributed by atoms with Gasteiger partial charge >= 0.3 is 0 Å². The average molecular weight is 279 g/mol. The van der Waals surface area contributed by atoms with Crippen LogP contribution in [0.2, 0.25) is 0 Å². The molecule has 0 spiro atoms. The van der Waals surface area contributed by atoms with Gasteiger partial charge in [-0.25, -0.2) is 0 Å². The van der Waals surface area contributed by atoms with Crippen LogP contribution in [0.3, 0.4) is 0 Å². The van der Waals surface area contributed by atoms with Crippen LogP contribution < -0.4 is 5.32 Å². The predicted molar refractivity (Wildman–Crippen MR) is 70.6 cm³/mol. The number of aliphatic hydroxyl groups excluding tert-OH is 3. The van der Waals surface area contributed by atoms with Gasteiger partial charge in [0.15, 0.2) is 0 Å². The molecule has 20 heavy (non-hydrogen) atoms. The van der Waals surface area contributed by atoms with Crippen molar-refractivity contribution in [2.75, 3.05) is 19.8 Å². The number of aliphatic hydroxyl groups is 3. The van der Waals surface area contributed by atoms with Gasteiger partial charge in [0, 0.05) is 5.56 Å². The van der Waals surface area contributed by atoms with Crippen molar-refractivity contribution in [1.29, 1.82) is 0 Å². The highest BCUT2D eigenvalue weighted by Crippen LogP contribution is 2.15. The van der Waals surface area contributed by atoms with Crippen LogP contribution in [-0.2, 0) is 6.54 Å². The zero-order valence-electron chi connectivity index (χ0n) is 10.9. The van der Waals surface area contributed by atoms with Gasteiger partial charge in [-0.3, -0.25) is 5.32 Å². The number of aromatic nitrogens is 2. The lowest BCUT2D eigenvalue weighted by Gasteiger charge is -2.27. The van der Waals surface area contributed by atoms with Crippen LogP contribution >= 0.6 is 0 Å². The molecule has 0 bridgehead atoms. The van der Waals surface area contributed by atoms with Crippen molar-refractivity contribution < 1.29 is 19.8 Å². The molecule has 2 rings (SSSR count). The topological polar surface area (TPSA) is 112 Å². The van der Waals surface area contributed by atoms with E-state index in [1.165, 1.54) is 0 Å². The summed E-state index contributed by atoms with van der Waals surface area (Å²) in [5, 5.41) is 34.2. The van der Waals surface area contributed by atoms with Crippen LogP contribution in [0.4, 0.5) is 0 Å². The summed E-state index contributed by atoms with van der Waals surface area (Å²) in [6.45, 7) is -1.07. The largest absolute Gasteiger partial charge is 0.394 e. The number of nitrogens with one attached hydrogen (secondary N) is 1. The van der Waals surface area contributed by atoms with E-state index in [0.29, 0.717) is 11.7 Å². The third kappa shape index (κ3) is 3.20. The van der Waals surface area contributed by atoms with Crippen molar-refractivity contribution in [3.8, 4) is 11.4 Å². The zero-order valence-corrected chi connectivity index (χ0v) is 10.9. The lowest BCUT2D eigenvalue weighted by Crippen LogP contribution is -2.54. The molecule has 0 saturated heterocycles. The molecule has 7 heteroatoms. The summed E-state index contributed by atoms with van der Waals surface area (Å²) < 4.78 is 5.08. The summed E-state index contributed by atoms with van der Waals surface area (Å²) in [5.41, 5.74) is -0.332. The fraction of sp³-hybridized carbons (Fsp3) is 0.385. The molecule has 0 atom stereocenters. The molecule has 0 saturated carbocycles. The SMILES string of the molecule is OCC(CO)(CO)NCc1nc(-c2ccccc2)no1. The maximum absolute atomic E-state index is 9.19. The van der Waals surface area contributed by atoms with Gasteiger partial charge in [0.2, 0.25) is 11.7 Å². The number of rotatable bonds is 7. The molecule has 108 valence electrons. The van der Waals surface area contributed by atoms with E-state index < -0.39 is 25.4 Å². The lowest BCUT2D eigenvalue weighted by molar-refractivity contribution is 0.0395. The Morgan fingerprint density at radius 2 is 1.70 bits per heavy atom. The van der Waals surface area contributed by atoms with E-state index in [9.17, 15) is 15.3 Å². The Morgan fingerprint density at radius 1 is 1.05 bits per heavy atom. The summed E-state index contributed by atoms with van der Waals surface area (Å²) in [4.78, 5) is 4.20. The number of nitrogens with zero attached hydrogens (tertiary/aromatic N) is 2. The Kier molecular flexibility index (Phi) is 4.80. The Labute approximate surface area is 115 Å². The quantitative estimate of drug-likeness (QED) is 0.542. The smallest absolute Gasteiger partial charge is 0.240 e. The Morgan fingerprint density at radius 3 is 2.30 bits per heavy atom. The summed E-state index contributed by atoms with van der Waals surface area (Å²) in [6.07, 6.45) is 0. The summed E-state index contributed by atoms with van der Waals surface area (Å²) in [7, 11) is 0. The fourth-order valence-corrected chi connectivity index (χ4v) is 1.61. The summed E-state index contributed by atoms with van der Waals surface area (Å²) >= 11 is 0. The van der Waals surface area contributed by atoms with Crippen molar-refractivity contribution in [3.05, 3.63) is 36.2 Å². The molecule has 1 aromatic carbocycles. The predicted octanol–water partition coefficient (Wildman–Crippen LogP) is -0.458. The van der Waals surface area contributed by atoms with Crippen LogP contribution in [0.5, 0.6) is 0 Å². The van der Waals surface area contributed by atoms with E-state index in [1.54, 1.807) is 0 Å². The van der Waals surface area contributed by atoms with Crippen LogP contribution in [-0.4, -0.2) is 50.8 Å². The van der Waals surface area contributed by atoms with E-state index in [4.69, 9.17) is 4.52 Å². The van der Waals surface area contributed by atoms with Crippen molar-refractivity contribution >= 4 is 0 Å². The Hall–Kier alpha value is -1.80. The second-order valence-corrected chi connectivity index (χ2v) is 4.49. The molecule has 4 N–H and O–H groups in total. The van der Waals surface area contributed by atoms with Crippen LogP contribution in [0.25, 0.3) is 11.4 Å². The summed E-state index contributed by atoms with van der Waals surface area (Å²) in [5.74, 6) is 0.772. The minimum atomic E-state index is -1.17. The van der Waals surface area contributed by atoms with E-state index in [-0.39, 0.29) is 6.54 Å². The molecular weight excluding hydrogens is 262 g/mol. The van der Waals surface area contributed by atoms with Gasteiger partial charge in [-0.15, -0.1) is 0 Å². The highest BCUT2D eigenvalue weighted by Gasteiger charge is 2.28. The molecule has 0 amide bonds. The maximum atomic E-state index is 9.19. The minimum absolute atomic E-state index is 0.140. The maximum Gasteiger partial charge on any atom is 0.240 e. The first-order chi connectivity index (χ1) is 9.73. The standard InChI is InChI=1S/C13H17N3O4/c17-7-13(8-18,9-19)14-6-11-15-12(16-20-11)10-4-2-1-3-5-10/h1-5,14,17-19H,6-9H2. The summed E-state index contributed by atoms with van der Waals surface area (Å²) in [6, 6.07) is 9.36. The molecule has 7 nitrogen and oxygen atoms in total. The third-order valence-electron chi connectivity index (χ3n) is 3.02. The molecule has 0 radical (unpaired) electrons. The van der Waals surface area contributed by atoms with Crippen LogP contribution in [0.1, 0.15) is 5.89 Å². The van der Waals surface area contributed by atoms with Crippen LogP contribution in [0, 0.1) is 0 Å². The molecule has 0 aliphatic heterocycles. The van der Waals surface area contributed by atoms with Gasteiger partial charge < -0.3 is 19.8 Å². The molecule has 1 heterocycles. The normalized spacial score (nSPS) is 11.8. The van der Waals surface area contributed by atoms with Gasteiger partial charge in [-0.2, -0.15) is 4.98 Å². The van der Waals surface area contributed by atoms with Crippen LogP contribution in [0.15, 0.2) is 34.9 Å². The molecule has 0 aliphatic rings. The first kappa shape index (κ1) is 14.6. The first-order valence-electron chi connectivity index (χ1n) is 6.18. The van der Waals surface area contributed by atoms with Gasteiger partial charge in [0.1, 0.15) is 0 Å². The average Bonchev–Trinajstić information content (AvgIpc) is 2.99. The third-order valence-corrected chi connectivity index (χ3v) is 3.02. The van der Waals surface area contributed by atoms with Gasteiger partial charge in [-0.05, 0) is 0 Å². The minimum Gasteiger partial charge on any atom is -0.394 e. The van der Waals surface area contributed by atoms with E-state index in [1.807, 2.05) is 30.3 Å². The zero-order chi connectivity index (χ0) is 14.4. The molecule has 1 aromatic heterocycles.